The summed E-state index contributed by atoms with van der Waals surface area (Å²) in [6.45, 7) is 0.730. The zero-order chi connectivity index (χ0) is 10.7. The minimum atomic E-state index is -0.151. The number of halogens is 1. The van der Waals surface area contributed by atoms with Crippen molar-refractivity contribution in [2.24, 2.45) is 5.92 Å². The molecule has 2 unspecified atom stereocenters. The van der Waals surface area contributed by atoms with E-state index in [4.69, 9.17) is 0 Å². The van der Waals surface area contributed by atoms with Gasteiger partial charge in [-0.05, 0) is 25.2 Å². The van der Waals surface area contributed by atoms with E-state index in [1.165, 1.54) is 19.1 Å². The fourth-order valence-electron chi connectivity index (χ4n) is 1.86. The van der Waals surface area contributed by atoms with E-state index in [0.717, 1.165) is 13.0 Å². The van der Waals surface area contributed by atoms with Gasteiger partial charge in [-0.1, -0.05) is 21.1 Å². The smallest absolute Gasteiger partial charge is 0.273 e. The molecule has 1 aliphatic carbocycles. The average molecular weight is 273 g/mol. The molecule has 0 bridgehead atoms. The number of nitrogens with one attached hydrogen (secondary N) is 1. The third-order valence-corrected chi connectivity index (χ3v) is 3.53. The first-order chi connectivity index (χ1) is 7.25. The number of hydrogen-bond donors (Lipinski definition) is 1. The van der Waals surface area contributed by atoms with Gasteiger partial charge in [0.1, 0.15) is 6.26 Å². The Balaban J connectivity index is 1.76. The van der Waals surface area contributed by atoms with Gasteiger partial charge in [-0.25, -0.2) is 0 Å². The molecule has 1 heterocycles. The van der Waals surface area contributed by atoms with E-state index in [1.807, 2.05) is 0 Å². The fourth-order valence-corrected chi connectivity index (χ4v) is 2.65. The van der Waals surface area contributed by atoms with Crippen LogP contribution in [0.15, 0.2) is 16.9 Å². The van der Waals surface area contributed by atoms with Crippen LogP contribution in [0.1, 0.15) is 29.8 Å². The van der Waals surface area contributed by atoms with E-state index in [1.54, 1.807) is 6.07 Å². The van der Waals surface area contributed by atoms with Crippen LogP contribution in [0, 0.1) is 5.92 Å². The Morgan fingerprint density at radius 1 is 1.67 bits per heavy atom. The maximum Gasteiger partial charge on any atom is 0.273 e. The second kappa shape index (κ2) is 4.79. The predicted octanol–water partition coefficient (Wildman–Crippen LogP) is 1.97. The van der Waals surface area contributed by atoms with Gasteiger partial charge < -0.3 is 9.84 Å². The molecule has 0 aliphatic heterocycles. The molecule has 4 nitrogen and oxygen atoms in total. The fraction of sp³-hybridized carbons (Fsp3) is 0.600. The number of nitrogens with zero attached hydrogens (tertiary/aromatic N) is 1. The van der Waals surface area contributed by atoms with E-state index >= 15 is 0 Å². The number of alkyl halides is 1. The van der Waals surface area contributed by atoms with Crippen LogP contribution in [0.4, 0.5) is 0 Å². The van der Waals surface area contributed by atoms with E-state index < -0.39 is 0 Å². The van der Waals surface area contributed by atoms with Crippen molar-refractivity contribution >= 4 is 21.8 Å². The minimum absolute atomic E-state index is 0.151. The summed E-state index contributed by atoms with van der Waals surface area (Å²) in [6, 6.07) is 1.57. The van der Waals surface area contributed by atoms with Gasteiger partial charge in [0.15, 0.2) is 5.69 Å². The molecule has 2 atom stereocenters. The Bertz CT molecular complexity index is 326. The summed E-state index contributed by atoms with van der Waals surface area (Å²) in [4.78, 5) is 12.1. The second-order valence-electron chi connectivity index (χ2n) is 3.87. The monoisotopic (exact) mass is 272 g/mol. The third kappa shape index (κ3) is 2.81. The summed E-state index contributed by atoms with van der Waals surface area (Å²) < 4.78 is 4.61. The Kier molecular flexibility index (Phi) is 3.41. The molecule has 2 rings (SSSR count). The Hall–Kier alpha value is -0.840. The molecule has 1 fully saturated rings. The molecular weight excluding hydrogens is 260 g/mol. The SMILES string of the molecule is O=C(NCC1CCC(Br)C1)c1ccon1. The van der Waals surface area contributed by atoms with Crippen molar-refractivity contribution in [1.29, 1.82) is 0 Å². The molecule has 1 aromatic rings. The lowest BCUT2D eigenvalue weighted by Gasteiger charge is -2.09. The van der Waals surface area contributed by atoms with Crippen molar-refractivity contribution in [2.75, 3.05) is 6.54 Å². The van der Waals surface area contributed by atoms with Crippen molar-refractivity contribution < 1.29 is 9.32 Å². The Morgan fingerprint density at radius 3 is 3.13 bits per heavy atom. The van der Waals surface area contributed by atoms with Crippen LogP contribution in [0.2, 0.25) is 0 Å². The van der Waals surface area contributed by atoms with Crippen molar-refractivity contribution in [2.45, 2.75) is 24.1 Å². The highest BCUT2D eigenvalue weighted by atomic mass is 79.9. The molecule has 0 aromatic carbocycles. The average Bonchev–Trinajstić information content (AvgIpc) is 2.84. The largest absolute Gasteiger partial charge is 0.364 e. The first-order valence-corrected chi connectivity index (χ1v) is 6.00. The van der Waals surface area contributed by atoms with Crippen molar-refractivity contribution in [3.8, 4) is 0 Å². The summed E-state index contributed by atoms with van der Waals surface area (Å²) >= 11 is 3.58. The molecule has 15 heavy (non-hydrogen) atoms. The molecule has 1 aromatic heterocycles. The normalized spacial score (nSPS) is 25.4. The predicted molar refractivity (Wildman–Crippen MR) is 58.9 cm³/mol. The van der Waals surface area contributed by atoms with E-state index in [-0.39, 0.29) is 5.91 Å². The van der Waals surface area contributed by atoms with Crippen LogP contribution in [0.25, 0.3) is 0 Å². The van der Waals surface area contributed by atoms with Gasteiger partial charge in [-0.15, -0.1) is 0 Å². The van der Waals surface area contributed by atoms with E-state index in [2.05, 4.69) is 30.9 Å². The lowest BCUT2D eigenvalue weighted by molar-refractivity contribution is 0.0938. The minimum Gasteiger partial charge on any atom is -0.364 e. The van der Waals surface area contributed by atoms with Crippen molar-refractivity contribution in [3.63, 3.8) is 0 Å². The zero-order valence-corrected chi connectivity index (χ0v) is 9.87. The maximum absolute atomic E-state index is 11.5. The second-order valence-corrected chi connectivity index (χ2v) is 5.17. The van der Waals surface area contributed by atoms with Gasteiger partial charge >= 0.3 is 0 Å². The van der Waals surface area contributed by atoms with Crippen molar-refractivity contribution in [1.82, 2.24) is 10.5 Å². The number of hydrogen-bond acceptors (Lipinski definition) is 3. The summed E-state index contributed by atoms with van der Waals surface area (Å²) in [7, 11) is 0. The highest BCUT2D eigenvalue weighted by molar-refractivity contribution is 9.09. The molecule has 1 saturated carbocycles. The number of carbonyl (C=O) groups is 1. The van der Waals surface area contributed by atoms with Gasteiger partial charge in [0.2, 0.25) is 0 Å². The van der Waals surface area contributed by atoms with Crippen molar-refractivity contribution in [3.05, 3.63) is 18.0 Å². The molecule has 0 radical (unpaired) electrons. The first kappa shape index (κ1) is 10.7. The lowest BCUT2D eigenvalue weighted by atomic mass is 10.1. The summed E-state index contributed by atoms with van der Waals surface area (Å²) in [5, 5.41) is 6.45. The number of carbonyl (C=O) groups excluding carboxylic acids is 1. The summed E-state index contributed by atoms with van der Waals surface area (Å²) in [6.07, 6.45) is 4.91. The molecule has 1 N–H and O–H groups in total. The third-order valence-electron chi connectivity index (χ3n) is 2.70. The zero-order valence-electron chi connectivity index (χ0n) is 8.28. The first-order valence-electron chi connectivity index (χ1n) is 5.08. The maximum atomic E-state index is 11.5. The van der Waals surface area contributed by atoms with Crippen LogP contribution in [-0.4, -0.2) is 22.4 Å². The molecule has 5 heteroatoms. The molecular formula is C10H13BrN2O2. The van der Waals surface area contributed by atoms with Crippen LogP contribution in [0.5, 0.6) is 0 Å². The lowest BCUT2D eigenvalue weighted by Crippen LogP contribution is -2.28. The molecule has 1 aliphatic rings. The number of rotatable bonds is 3. The highest BCUT2D eigenvalue weighted by Crippen LogP contribution is 2.29. The molecule has 1 amide bonds. The van der Waals surface area contributed by atoms with Gasteiger partial charge in [0, 0.05) is 17.4 Å². The van der Waals surface area contributed by atoms with Gasteiger partial charge in [-0.3, -0.25) is 4.79 Å². The Morgan fingerprint density at radius 2 is 2.53 bits per heavy atom. The summed E-state index contributed by atoms with van der Waals surface area (Å²) in [5.74, 6) is 0.437. The molecule has 82 valence electrons. The van der Waals surface area contributed by atoms with Crippen LogP contribution < -0.4 is 5.32 Å². The molecule has 0 spiro atoms. The van der Waals surface area contributed by atoms with E-state index in [0.29, 0.717) is 16.4 Å². The van der Waals surface area contributed by atoms with Gasteiger partial charge in [0.05, 0.1) is 0 Å². The topological polar surface area (TPSA) is 55.1 Å². The number of aromatic nitrogens is 1. The van der Waals surface area contributed by atoms with Gasteiger partial charge in [0.25, 0.3) is 5.91 Å². The van der Waals surface area contributed by atoms with E-state index in [9.17, 15) is 4.79 Å². The van der Waals surface area contributed by atoms with Gasteiger partial charge in [-0.2, -0.15) is 0 Å². The summed E-state index contributed by atoms with van der Waals surface area (Å²) in [5.41, 5.74) is 0.350. The Labute approximate surface area is 96.5 Å². The van der Waals surface area contributed by atoms with Crippen LogP contribution in [-0.2, 0) is 0 Å². The van der Waals surface area contributed by atoms with Crippen LogP contribution >= 0.6 is 15.9 Å². The van der Waals surface area contributed by atoms with Crippen LogP contribution in [0.3, 0.4) is 0 Å². The number of amides is 1. The highest BCUT2D eigenvalue weighted by Gasteiger charge is 2.23. The standard InChI is InChI=1S/C10H13BrN2O2/c11-8-2-1-7(5-8)6-12-10(14)9-3-4-15-13-9/h3-4,7-8H,1-2,5-6H2,(H,12,14). The quantitative estimate of drug-likeness (QED) is 0.856. The molecule has 0 saturated heterocycles.